The molecule has 1 unspecified atom stereocenters. The van der Waals surface area contributed by atoms with Crippen LogP contribution in [0.15, 0.2) is 6.20 Å². The molecule has 98 valence electrons. The first kappa shape index (κ1) is 14.5. The molecule has 0 aliphatic heterocycles. The maximum atomic E-state index is 10.4. The number of aliphatic hydroxyl groups excluding tert-OH is 1. The Kier molecular flexibility index (Phi) is 4.58. The van der Waals surface area contributed by atoms with Gasteiger partial charge in [-0.25, -0.2) is 0 Å². The number of hydrogen-bond acceptors (Lipinski definition) is 3. The van der Waals surface area contributed by atoms with Crippen LogP contribution in [0.5, 0.6) is 0 Å². The molecular formula is C12H21ClN2O2. The normalized spacial score (nSPS) is 14.4. The van der Waals surface area contributed by atoms with E-state index in [1.165, 1.54) is 0 Å². The largest absolute Gasteiger partial charge is 0.384 e. The standard InChI is InChI=1S/C12H21ClN2O2/c1-6-17-12(4,5)11(16)10-9(13)7-14-15(10)8(2)3/h7-8,11,16H,6H2,1-5H3. The second kappa shape index (κ2) is 5.38. The lowest BCUT2D eigenvalue weighted by Crippen LogP contribution is -2.34. The van der Waals surface area contributed by atoms with Gasteiger partial charge in [-0.2, -0.15) is 5.10 Å². The number of ether oxygens (including phenoxy) is 1. The van der Waals surface area contributed by atoms with Crippen LogP contribution in [-0.2, 0) is 4.74 Å². The van der Waals surface area contributed by atoms with Crippen molar-refractivity contribution in [1.29, 1.82) is 0 Å². The maximum absolute atomic E-state index is 10.4. The molecule has 1 atom stereocenters. The molecular weight excluding hydrogens is 240 g/mol. The minimum absolute atomic E-state index is 0.143. The molecule has 0 radical (unpaired) electrons. The highest BCUT2D eigenvalue weighted by atomic mass is 35.5. The zero-order valence-corrected chi connectivity index (χ0v) is 11.8. The van der Waals surface area contributed by atoms with E-state index in [1.54, 1.807) is 10.9 Å². The van der Waals surface area contributed by atoms with Gasteiger partial charge in [0.25, 0.3) is 0 Å². The molecule has 1 aromatic heterocycles. The summed E-state index contributed by atoms with van der Waals surface area (Å²) >= 11 is 6.09. The topological polar surface area (TPSA) is 47.3 Å². The average Bonchev–Trinajstić information content (AvgIpc) is 2.58. The highest BCUT2D eigenvalue weighted by Crippen LogP contribution is 2.34. The van der Waals surface area contributed by atoms with Crippen LogP contribution in [0, 0.1) is 0 Å². The predicted octanol–water partition coefficient (Wildman–Crippen LogP) is 2.97. The SMILES string of the molecule is CCOC(C)(C)C(O)c1c(Cl)cnn1C(C)C. The molecule has 17 heavy (non-hydrogen) atoms. The Morgan fingerprint density at radius 3 is 2.59 bits per heavy atom. The van der Waals surface area contributed by atoms with Gasteiger partial charge in [-0.05, 0) is 34.6 Å². The number of nitrogens with zero attached hydrogens (tertiary/aromatic N) is 2. The molecule has 5 heteroatoms. The summed E-state index contributed by atoms with van der Waals surface area (Å²) in [6.07, 6.45) is 0.752. The van der Waals surface area contributed by atoms with Gasteiger partial charge in [0.15, 0.2) is 0 Å². The van der Waals surface area contributed by atoms with Gasteiger partial charge in [-0.1, -0.05) is 11.6 Å². The van der Waals surface area contributed by atoms with Crippen molar-refractivity contribution in [2.75, 3.05) is 6.61 Å². The van der Waals surface area contributed by atoms with Gasteiger partial charge in [0.05, 0.1) is 22.5 Å². The second-order valence-corrected chi connectivity index (χ2v) is 5.26. The summed E-state index contributed by atoms with van der Waals surface area (Å²) in [4.78, 5) is 0. The Balaban J connectivity index is 3.11. The highest BCUT2D eigenvalue weighted by Gasteiger charge is 2.34. The monoisotopic (exact) mass is 260 g/mol. The van der Waals surface area contributed by atoms with Crippen molar-refractivity contribution < 1.29 is 9.84 Å². The van der Waals surface area contributed by atoms with Gasteiger partial charge >= 0.3 is 0 Å². The molecule has 1 aromatic rings. The van der Waals surface area contributed by atoms with E-state index in [-0.39, 0.29) is 6.04 Å². The fourth-order valence-electron chi connectivity index (χ4n) is 1.80. The molecule has 0 aliphatic carbocycles. The first-order chi connectivity index (χ1) is 7.81. The summed E-state index contributed by atoms with van der Waals surface area (Å²) in [7, 11) is 0. The van der Waals surface area contributed by atoms with Crippen LogP contribution in [0.2, 0.25) is 5.02 Å². The molecule has 0 saturated heterocycles. The van der Waals surface area contributed by atoms with E-state index in [9.17, 15) is 5.11 Å². The van der Waals surface area contributed by atoms with Crippen molar-refractivity contribution in [2.45, 2.75) is 52.4 Å². The molecule has 0 aromatic carbocycles. The van der Waals surface area contributed by atoms with Crippen molar-refractivity contribution in [2.24, 2.45) is 0 Å². The second-order valence-electron chi connectivity index (χ2n) is 4.86. The molecule has 0 fully saturated rings. The zero-order chi connectivity index (χ0) is 13.2. The third kappa shape index (κ3) is 3.00. The Hall–Kier alpha value is -0.580. The van der Waals surface area contributed by atoms with Gasteiger partial charge in [-0.15, -0.1) is 0 Å². The number of aromatic nitrogens is 2. The molecule has 0 amide bonds. The van der Waals surface area contributed by atoms with Crippen LogP contribution in [0.25, 0.3) is 0 Å². The molecule has 1 N–H and O–H groups in total. The van der Waals surface area contributed by atoms with Crippen molar-refractivity contribution in [3.63, 3.8) is 0 Å². The van der Waals surface area contributed by atoms with Crippen LogP contribution in [-0.4, -0.2) is 27.1 Å². The van der Waals surface area contributed by atoms with Crippen LogP contribution in [0.1, 0.15) is 52.5 Å². The Labute approximate surface area is 108 Å². The Morgan fingerprint density at radius 1 is 1.53 bits per heavy atom. The molecule has 1 heterocycles. The summed E-state index contributed by atoms with van der Waals surface area (Å²) < 4.78 is 7.28. The number of rotatable bonds is 5. The third-order valence-electron chi connectivity index (χ3n) is 2.71. The maximum Gasteiger partial charge on any atom is 0.125 e. The van der Waals surface area contributed by atoms with Crippen molar-refractivity contribution in [3.05, 3.63) is 16.9 Å². The molecule has 0 bridgehead atoms. The molecule has 4 nitrogen and oxygen atoms in total. The number of hydrogen-bond donors (Lipinski definition) is 1. The Morgan fingerprint density at radius 2 is 2.12 bits per heavy atom. The van der Waals surface area contributed by atoms with Crippen LogP contribution >= 0.6 is 11.6 Å². The van der Waals surface area contributed by atoms with Crippen LogP contribution in [0.3, 0.4) is 0 Å². The van der Waals surface area contributed by atoms with Gasteiger partial charge in [0, 0.05) is 12.6 Å². The number of aliphatic hydroxyl groups is 1. The van der Waals surface area contributed by atoms with Crippen LogP contribution < -0.4 is 0 Å². The van der Waals surface area contributed by atoms with E-state index >= 15 is 0 Å². The van der Waals surface area contributed by atoms with Crippen molar-refractivity contribution in [3.8, 4) is 0 Å². The van der Waals surface area contributed by atoms with Gasteiger partial charge < -0.3 is 9.84 Å². The third-order valence-corrected chi connectivity index (χ3v) is 3.00. The van der Waals surface area contributed by atoms with Gasteiger partial charge in [0.2, 0.25) is 0 Å². The summed E-state index contributed by atoms with van der Waals surface area (Å²) in [5, 5.41) is 15.1. The fraction of sp³-hybridized carbons (Fsp3) is 0.750. The fourth-order valence-corrected chi connectivity index (χ4v) is 2.03. The lowest BCUT2D eigenvalue weighted by Gasteiger charge is -2.31. The first-order valence-corrected chi connectivity index (χ1v) is 6.24. The minimum Gasteiger partial charge on any atom is -0.384 e. The van der Waals surface area contributed by atoms with Gasteiger partial charge in [-0.3, -0.25) is 4.68 Å². The first-order valence-electron chi connectivity index (χ1n) is 5.86. The van der Waals surface area contributed by atoms with E-state index in [0.29, 0.717) is 17.3 Å². The summed E-state index contributed by atoms with van der Waals surface area (Å²) in [6.45, 7) is 10.1. The van der Waals surface area contributed by atoms with Crippen LogP contribution in [0.4, 0.5) is 0 Å². The predicted molar refractivity (Wildman–Crippen MR) is 68.3 cm³/mol. The number of halogens is 1. The highest BCUT2D eigenvalue weighted by molar-refractivity contribution is 6.31. The smallest absolute Gasteiger partial charge is 0.125 e. The lowest BCUT2D eigenvalue weighted by atomic mass is 9.98. The van der Waals surface area contributed by atoms with E-state index in [1.807, 2.05) is 34.6 Å². The molecule has 0 spiro atoms. The molecule has 0 aliphatic rings. The quantitative estimate of drug-likeness (QED) is 0.885. The van der Waals surface area contributed by atoms with E-state index in [2.05, 4.69) is 5.10 Å². The van der Waals surface area contributed by atoms with Crippen molar-refractivity contribution in [1.82, 2.24) is 9.78 Å². The zero-order valence-electron chi connectivity index (χ0n) is 11.1. The summed E-state index contributed by atoms with van der Waals surface area (Å²) in [5.41, 5.74) is -0.0782. The average molecular weight is 261 g/mol. The van der Waals surface area contributed by atoms with E-state index in [4.69, 9.17) is 16.3 Å². The molecule has 1 rings (SSSR count). The van der Waals surface area contributed by atoms with E-state index in [0.717, 1.165) is 0 Å². The lowest BCUT2D eigenvalue weighted by molar-refractivity contribution is -0.101. The van der Waals surface area contributed by atoms with E-state index < -0.39 is 11.7 Å². The summed E-state index contributed by atoms with van der Waals surface area (Å²) in [6, 6.07) is 0.143. The van der Waals surface area contributed by atoms with Gasteiger partial charge in [0.1, 0.15) is 6.10 Å². The summed E-state index contributed by atoms with van der Waals surface area (Å²) in [5.74, 6) is 0. The molecule has 0 saturated carbocycles. The minimum atomic E-state index is -0.806. The van der Waals surface area contributed by atoms with Crippen molar-refractivity contribution >= 4 is 11.6 Å². The Bertz CT molecular complexity index is 375.